The molecule has 3 atom stereocenters. The Morgan fingerprint density at radius 3 is 2.81 bits per heavy atom. The fourth-order valence-electron chi connectivity index (χ4n) is 3.53. The number of carbonyl (C=O) groups is 1. The van der Waals surface area contributed by atoms with E-state index in [1.807, 2.05) is 11.0 Å². The van der Waals surface area contributed by atoms with Gasteiger partial charge < -0.3 is 10.0 Å². The number of benzene rings is 1. The third kappa shape index (κ3) is 3.61. The van der Waals surface area contributed by atoms with E-state index < -0.39 is 0 Å². The van der Waals surface area contributed by atoms with Gasteiger partial charge in [0.05, 0.1) is 11.9 Å². The van der Waals surface area contributed by atoms with Crippen LogP contribution in [0, 0.1) is 11.8 Å². The van der Waals surface area contributed by atoms with Gasteiger partial charge in [-0.3, -0.25) is 4.79 Å². The molecular formula is C17H23NO2S. The molecule has 2 aliphatic rings. The third-order valence-corrected chi connectivity index (χ3v) is 5.72. The average Bonchev–Trinajstić information content (AvgIpc) is 3.07. The van der Waals surface area contributed by atoms with Crippen LogP contribution in [0.15, 0.2) is 30.3 Å². The minimum atomic E-state index is -0.182. The van der Waals surface area contributed by atoms with Crippen LogP contribution >= 0.6 is 11.8 Å². The van der Waals surface area contributed by atoms with Gasteiger partial charge in [0.15, 0.2) is 0 Å². The van der Waals surface area contributed by atoms with E-state index in [2.05, 4.69) is 24.3 Å². The van der Waals surface area contributed by atoms with Gasteiger partial charge in [-0.05, 0) is 36.5 Å². The van der Waals surface area contributed by atoms with Crippen molar-refractivity contribution in [3.05, 3.63) is 35.9 Å². The van der Waals surface area contributed by atoms with Crippen LogP contribution in [0.2, 0.25) is 0 Å². The summed E-state index contributed by atoms with van der Waals surface area (Å²) in [5.74, 6) is 2.68. The Morgan fingerprint density at radius 2 is 2.05 bits per heavy atom. The fraction of sp³-hybridized carbons (Fsp3) is 0.588. The zero-order valence-corrected chi connectivity index (χ0v) is 13.1. The molecule has 3 unspecified atom stereocenters. The molecule has 1 heterocycles. The highest BCUT2D eigenvalue weighted by Crippen LogP contribution is 2.38. The monoisotopic (exact) mass is 305 g/mol. The van der Waals surface area contributed by atoms with Crippen LogP contribution in [0.4, 0.5) is 0 Å². The van der Waals surface area contributed by atoms with Crippen molar-refractivity contribution in [2.75, 3.05) is 24.6 Å². The average molecular weight is 305 g/mol. The maximum absolute atomic E-state index is 12.2. The standard InChI is InChI=1S/C17H23NO2S/c19-16-7-6-14-10-18(11-15(14)16)17(20)12-21-9-8-13-4-2-1-3-5-13/h1-5,14-16,19H,6-12H2. The lowest BCUT2D eigenvalue weighted by Gasteiger charge is -2.18. The predicted molar refractivity (Wildman–Crippen MR) is 86.3 cm³/mol. The van der Waals surface area contributed by atoms with Gasteiger partial charge in [0.2, 0.25) is 5.91 Å². The Balaban J connectivity index is 1.37. The number of rotatable bonds is 5. The highest BCUT2D eigenvalue weighted by molar-refractivity contribution is 7.99. The molecule has 0 spiro atoms. The Labute approximate surface area is 130 Å². The quantitative estimate of drug-likeness (QED) is 0.848. The Morgan fingerprint density at radius 1 is 1.24 bits per heavy atom. The molecule has 4 heteroatoms. The lowest BCUT2D eigenvalue weighted by molar-refractivity contribution is -0.127. The van der Waals surface area contributed by atoms with Crippen LogP contribution in [0.5, 0.6) is 0 Å². The second kappa shape index (κ2) is 6.84. The first-order chi connectivity index (χ1) is 10.2. The summed E-state index contributed by atoms with van der Waals surface area (Å²) >= 11 is 1.72. The van der Waals surface area contributed by atoms with Crippen molar-refractivity contribution in [2.45, 2.75) is 25.4 Å². The molecular weight excluding hydrogens is 282 g/mol. The van der Waals surface area contributed by atoms with Gasteiger partial charge in [-0.25, -0.2) is 0 Å². The summed E-state index contributed by atoms with van der Waals surface area (Å²) in [6.07, 6.45) is 2.83. The summed E-state index contributed by atoms with van der Waals surface area (Å²) in [7, 11) is 0. The molecule has 0 bridgehead atoms. The molecule has 0 aromatic heterocycles. The van der Waals surface area contributed by atoms with Crippen LogP contribution < -0.4 is 0 Å². The van der Waals surface area contributed by atoms with Crippen molar-refractivity contribution in [1.82, 2.24) is 4.90 Å². The number of aryl methyl sites for hydroxylation is 1. The first kappa shape index (κ1) is 14.9. The van der Waals surface area contributed by atoms with E-state index in [4.69, 9.17) is 0 Å². The largest absolute Gasteiger partial charge is 0.393 e. The maximum atomic E-state index is 12.2. The number of thioether (sulfide) groups is 1. The van der Waals surface area contributed by atoms with E-state index in [1.165, 1.54) is 5.56 Å². The van der Waals surface area contributed by atoms with Crippen molar-refractivity contribution in [3.8, 4) is 0 Å². The van der Waals surface area contributed by atoms with Crippen LogP contribution in [0.3, 0.4) is 0 Å². The van der Waals surface area contributed by atoms with Crippen LogP contribution in [-0.4, -0.2) is 46.6 Å². The normalized spacial score (nSPS) is 27.9. The summed E-state index contributed by atoms with van der Waals surface area (Å²) in [5.41, 5.74) is 1.33. The second-order valence-corrected chi connectivity index (χ2v) is 7.26. The van der Waals surface area contributed by atoms with Gasteiger partial charge in [-0.15, -0.1) is 0 Å². The lowest BCUT2D eigenvalue weighted by atomic mass is 10.00. The molecule has 1 aliphatic heterocycles. The number of fused-ring (bicyclic) bond motifs is 1. The van der Waals surface area contributed by atoms with E-state index >= 15 is 0 Å². The predicted octanol–water partition coefficient (Wildman–Crippen LogP) is 2.19. The summed E-state index contributed by atoms with van der Waals surface area (Å²) in [6.45, 7) is 1.63. The van der Waals surface area contributed by atoms with Crippen LogP contribution in [0.25, 0.3) is 0 Å². The molecule has 0 radical (unpaired) electrons. The molecule has 1 N–H and O–H groups in total. The molecule has 1 aromatic carbocycles. The van der Waals surface area contributed by atoms with Gasteiger partial charge in [0.25, 0.3) is 0 Å². The first-order valence-electron chi connectivity index (χ1n) is 7.81. The van der Waals surface area contributed by atoms with Crippen molar-refractivity contribution in [2.24, 2.45) is 11.8 Å². The van der Waals surface area contributed by atoms with Crippen molar-refractivity contribution < 1.29 is 9.90 Å². The van der Waals surface area contributed by atoms with Gasteiger partial charge in [-0.1, -0.05) is 30.3 Å². The van der Waals surface area contributed by atoms with Gasteiger partial charge >= 0.3 is 0 Å². The maximum Gasteiger partial charge on any atom is 0.232 e. The molecule has 1 saturated heterocycles. The molecule has 1 saturated carbocycles. The first-order valence-corrected chi connectivity index (χ1v) is 8.97. The number of aliphatic hydroxyl groups excluding tert-OH is 1. The second-order valence-electron chi connectivity index (χ2n) is 6.16. The van der Waals surface area contributed by atoms with Gasteiger partial charge in [-0.2, -0.15) is 11.8 Å². The number of hydrogen-bond donors (Lipinski definition) is 1. The molecule has 3 rings (SSSR count). The lowest BCUT2D eigenvalue weighted by Crippen LogP contribution is -2.32. The minimum Gasteiger partial charge on any atom is -0.393 e. The van der Waals surface area contributed by atoms with Gasteiger partial charge in [0.1, 0.15) is 0 Å². The van der Waals surface area contributed by atoms with Crippen LogP contribution in [-0.2, 0) is 11.2 Å². The number of aliphatic hydroxyl groups is 1. The van der Waals surface area contributed by atoms with E-state index in [1.54, 1.807) is 11.8 Å². The SMILES string of the molecule is O=C(CSCCc1ccccc1)N1CC2CCC(O)C2C1. The molecule has 2 fully saturated rings. The number of amides is 1. The highest BCUT2D eigenvalue weighted by Gasteiger charge is 2.42. The van der Waals surface area contributed by atoms with Gasteiger partial charge in [0, 0.05) is 19.0 Å². The Bertz CT molecular complexity index is 479. The summed E-state index contributed by atoms with van der Waals surface area (Å²) in [6, 6.07) is 10.4. The minimum absolute atomic E-state index is 0.182. The molecule has 1 aromatic rings. The number of nitrogens with zero attached hydrogens (tertiary/aromatic N) is 1. The smallest absolute Gasteiger partial charge is 0.232 e. The van der Waals surface area contributed by atoms with E-state index in [9.17, 15) is 9.90 Å². The molecule has 114 valence electrons. The Kier molecular flexibility index (Phi) is 4.86. The van der Waals surface area contributed by atoms with Crippen LogP contribution in [0.1, 0.15) is 18.4 Å². The van der Waals surface area contributed by atoms with Crippen molar-refractivity contribution in [1.29, 1.82) is 0 Å². The molecule has 1 aliphatic carbocycles. The van der Waals surface area contributed by atoms with E-state index in [0.29, 0.717) is 17.6 Å². The fourth-order valence-corrected chi connectivity index (χ4v) is 4.41. The summed E-state index contributed by atoms with van der Waals surface area (Å²) in [4.78, 5) is 14.2. The number of hydrogen-bond acceptors (Lipinski definition) is 3. The van der Waals surface area contributed by atoms with E-state index in [-0.39, 0.29) is 12.0 Å². The highest BCUT2D eigenvalue weighted by atomic mass is 32.2. The van der Waals surface area contributed by atoms with Crippen molar-refractivity contribution in [3.63, 3.8) is 0 Å². The Hall–Kier alpha value is -1.00. The third-order valence-electron chi connectivity index (χ3n) is 4.78. The molecule has 21 heavy (non-hydrogen) atoms. The molecule has 3 nitrogen and oxygen atoms in total. The summed E-state index contributed by atoms with van der Waals surface area (Å²) in [5, 5.41) is 9.90. The number of likely N-dealkylation sites (tertiary alicyclic amines) is 1. The van der Waals surface area contributed by atoms with Crippen molar-refractivity contribution >= 4 is 17.7 Å². The zero-order valence-electron chi connectivity index (χ0n) is 12.3. The van der Waals surface area contributed by atoms with E-state index in [0.717, 1.165) is 38.1 Å². The zero-order chi connectivity index (χ0) is 14.7. The topological polar surface area (TPSA) is 40.5 Å². The number of carbonyl (C=O) groups excluding carboxylic acids is 1. The molecule has 1 amide bonds. The summed E-state index contributed by atoms with van der Waals surface area (Å²) < 4.78 is 0.